The van der Waals surface area contributed by atoms with Crippen LogP contribution in [0.4, 0.5) is 0 Å². The van der Waals surface area contributed by atoms with Crippen LogP contribution in [0.5, 0.6) is 0 Å². The number of sulfonamides is 1. The van der Waals surface area contributed by atoms with Crippen molar-refractivity contribution in [2.45, 2.75) is 9.24 Å². The fraction of sp³-hybridized carbons (Fsp3) is 0. The third-order valence-electron chi connectivity index (χ3n) is 3.79. The maximum Gasteiger partial charge on any atom is 0.283 e. The first kappa shape index (κ1) is 19.3. The van der Waals surface area contributed by atoms with Crippen molar-refractivity contribution in [2.24, 2.45) is 4.40 Å². The van der Waals surface area contributed by atoms with Crippen molar-refractivity contribution in [2.75, 3.05) is 0 Å². The van der Waals surface area contributed by atoms with Crippen LogP contribution in [-0.2, 0) is 10.0 Å². The Kier molecular flexibility index (Phi) is 5.63. The molecule has 0 aliphatic heterocycles. The first-order chi connectivity index (χ1) is 13.5. The lowest BCUT2D eigenvalue weighted by atomic mass is 10.2. The topological polar surface area (TPSA) is 59.4 Å². The van der Waals surface area contributed by atoms with E-state index in [9.17, 15) is 8.42 Å². The summed E-state index contributed by atoms with van der Waals surface area (Å²) >= 11 is 6.09. The van der Waals surface area contributed by atoms with Crippen LogP contribution >= 0.6 is 39.0 Å². The van der Waals surface area contributed by atoms with Gasteiger partial charge in [-0.2, -0.15) is 12.8 Å². The number of halogens is 1. The van der Waals surface area contributed by atoms with E-state index in [1.165, 1.54) is 35.2 Å². The second-order valence-corrected chi connectivity index (χ2v) is 10.5. The zero-order valence-corrected chi connectivity index (χ0v) is 18.4. The van der Waals surface area contributed by atoms with Crippen LogP contribution < -0.4 is 0 Å². The Morgan fingerprint density at radius 1 is 0.929 bits per heavy atom. The molecule has 8 heteroatoms. The summed E-state index contributed by atoms with van der Waals surface area (Å²) in [5.41, 5.74) is 1.62. The molecule has 0 radical (unpaired) electrons. The molecule has 0 spiro atoms. The highest BCUT2D eigenvalue weighted by molar-refractivity contribution is 9.10. The maximum atomic E-state index is 12.9. The minimum atomic E-state index is -3.85. The molecular formula is C20H13BrN2O2S3. The molecule has 0 fully saturated rings. The Morgan fingerprint density at radius 2 is 1.61 bits per heavy atom. The molecule has 0 unspecified atom stereocenters. The van der Waals surface area contributed by atoms with Gasteiger partial charge in [-0.1, -0.05) is 58.4 Å². The highest BCUT2D eigenvalue weighted by Crippen LogP contribution is 2.32. The summed E-state index contributed by atoms with van der Waals surface area (Å²) in [6.45, 7) is 0. The first-order valence-electron chi connectivity index (χ1n) is 8.21. The summed E-state index contributed by atoms with van der Waals surface area (Å²) < 4.78 is 32.5. The molecule has 0 aliphatic rings. The van der Waals surface area contributed by atoms with Crippen molar-refractivity contribution in [3.63, 3.8) is 0 Å². The highest BCUT2D eigenvalue weighted by atomic mass is 79.9. The Labute approximate surface area is 179 Å². The number of rotatable bonds is 4. The van der Waals surface area contributed by atoms with Gasteiger partial charge in [-0.15, -0.1) is 11.3 Å². The smallest absolute Gasteiger partial charge is 0.229 e. The zero-order chi connectivity index (χ0) is 19.6. The normalized spacial score (nSPS) is 12.4. The molecule has 4 aromatic rings. The lowest BCUT2D eigenvalue weighted by Crippen LogP contribution is -2.03. The standard InChI is InChI=1S/C20H13BrN2O2S3/c21-15-10-12-16(13-11-15)28(24,25)23-19(14-6-2-1-3-7-14)27-20-22-17-8-4-5-9-18(17)26-20/h1-13H/b23-19+. The number of hydrogen-bond donors (Lipinski definition) is 0. The van der Waals surface area contributed by atoms with Gasteiger partial charge in [0, 0.05) is 10.0 Å². The average molecular weight is 489 g/mol. The lowest BCUT2D eigenvalue weighted by Gasteiger charge is -2.06. The van der Waals surface area contributed by atoms with E-state index in [1.807, 2.05) is 54.6 Å². The van der Waals surface area contributed by atoms with Gasteiger partial charge in [0.05, 0.1) is 15.1 Å². The van der Waals surface area contributed by atoms with Gasteiger partial charge in [-0.3, -0.25) is 0 Å². The molecule has 0 N–H and O–H groups in total. The van der Waals surface area contributed by atoms with Crippen LogP contribution in [0.2, 0.25) is 0 Å². The maximum absolute atomic E-state index is 12.9. The third kappa shape index (κ3) is 4.35. The van der Waals surface area contributed by atoms with Gasteiger partial charge in [0.1, 0.15) is 5.04 Å². The largest absolute Gasteiger partial charge is 0.283 e. The molecule has 140 valence electrons. The molecular weight excluding hydrogens is 476 g/mol. The zero-order valence-electron chi connectivity index (χ0n) is 14.3. The van der Waals surface area contributed by atoms with Crippen LogP contribution in [0.15, 0.2) is 97.0 Å². The number of nitrogens with zero attached hydrogens (tertiary/aromatic N) is 2. The van der Waals surface area contributed by atoms with Crippen LogP contribution in [0, 0.1) is 0 Å². The van der Waals surface area contributed by atoms with Gasteiger partial charge in [0.15, 0.2) is 4.34 Å². The Bertz CT molecular complexity index is 1220. The van der Waals surface area contributed by atoms with Gasteiger partial charge in [0.2, 0.25) is 0 Å². The number of fused-ring (bicyclic) bond motifs is 1. The van der Waals surface area contributed by atoms with E-state index in [0.29, 0.717) is 5.04 Å². The Morgan fingerprint density at radius 3 is 2.32 bits per heavy atom. The molecule has 0 amide bonds. The molecule has 0 aliphatic carbocycles. The fourth-order valence-corrected chi connectivity index (χ4v) is 6.01. The van der Waals surface area contributed by atoms with Crippen LogP contribution in [0.1, 0.15) is 5.56 Å². The average Bonchev–Trinajstić information content (AvgIpc) is 3.11. The van der Waals surface area contributed by atoms with E-state index < -0.39 is 10.0 Å². The van der Waals surface area contributed by atoms with E-state index in [4.69, 9.17) is 0 Å². The summed E-state index contributed by atoms with van der Waals surface area (Å²) in [5.74, 6) is 0. The third-order valence-corrected chi connectivity index (χ3v) is 7.85. The van der Waals surface area contributed by atoms with E-state index in [2.05, 4.69) is 25.3 Å². The van der Waals surface area contributed by atoms with E-state index in [1.54, 1.807) is 12.1 Å². The SMILES string of the molecule is O=S(=O)(/N=C(/Sc1nc2ccccc2s1)c1ccccc1)c1ccc(Br)cc1. The summed E-state index contributed by atoms with van der Waals surface area (Å²) in [5, 5.41) is 0.391. The summed E-state index contributed by atoms with van der Waals surface area (Å²) in [6.07, 6.45) is 0. The number of aromatic nitrogens is 1. The highest BCUT2D eigenvalue weighted by Gasteiger charge is 2.18. The molecule has 0 bridgehead atoms. The molecule has 1 heterocycles. The predicted octanol–water partition coefficient (Wildman–Crippen LogP) is 5.99. The van der Waals surface area contributed by atoms with Crippen LogP contribution in [0.3, 0.4) is 0 Å². The van der Waals surface area contributed by atoms with Crippen LogP contribution in [-0.4, -0.2) is 18.4 Å². The molecule has 0 atom stereocenters. The number of thiazole rings is 1. The van der Waals surface area contributed by atoms with Crippen molar-refractivity contribution in [1.29, 1.82) is 0 Å². The van der Waals surface area contributed by atoms with Crippen LogP contribution in [0.25, 0.3) is 10.2 Å². The van der Waals surface area contributed by atoms with Gasteiger partial charge < -0.3 is 0 Å². The minimum absolute atomic E-state index is 0.147. The lowest BCUT2D eigenvalue weighted by molar-refractivity contribution is 0.598. The van der Waals surface area contributed by atoms with Crippen molar-refractivity contribution in [3.8, 4) is 0 Å². The van der Waals surface area contributed by atoms with E-state index in [-0.39, 0.29) is 4.90 Å². The monoisotopic (exact) mass is 488 g/mol. The van der Waals surface area contributed by atoms with Crippen molar-refractivity contribution >= 4 is 64.3 Å². The number of hydrogen-bond acceptors (Lipinski definition) is 5. The van der Waals surface area contributed by atoms with Gasteiger partial charge in [-0.25, -0.2) is 4.98 Å². The minimum Gasteiger partial charge on any atom is -0.229 e. The number of thioether (sulfide) groups is 1. The summed E-state index contributed by atoms with van der Waals surface area (Å²) in [4.78, 5) is 4.74. The second kappa shape index (κ2) is 8.16. The van der Waals surface area contributed by atoms with Crippen molar-refractivity contribution in [1.82, 2.24) is 4.98 Å². The molecule has 4 rings (SSSR count). The van der Waals surface area contributed by atoms with Crippen molar-refractivity contribution < 1.29 is 8.42 Å². The second-order valence-electron chi connectivity index (χ2n) is 5.74. The number of para-hydroxylation sites is 1. The Balaban J connectivity index is 1.77. The predicted molar refractivity (Wildman–Crippen MR) is 120 cm³/mol. The molecule has 1 aromatic heterocycles. The van der Waals surface area contributed by atoms with E-state index in [0.717, 1.165) is 24.6 Å². The molecule has 0 saturated heterocycles. The molecule has 0 saturated carbocycles. The molecule has 28 heavy (non-hydrogen) atoms. The Hall–Kier alpha value is -2.00. The fourth-order valence-electron chi connectivity index (χ4n) is 2.46. The summed E-state index contributed by atoms with van der Waals surface area (Å²) in [6, 6.07) is 23.5. The van der Waals surface area contributed by atoms with Gasteiger partial charge in [0.25, 0.3) is 10.0 Å². The molecule has 3 aromatic carbocycles. The van der Waals surface area contributed by atoms with Crippen molar-refractivity contribution in [3.05, 3.63) is 88.9 Å². The summed E-state index contributed by atoms with van der Waals surface area (Å²) in [7, 11) is -3.85. The van der Waals surface area contributed by atoms with Gasteiger partial charge in [-0.05, 0) is 48.2 Å². The molecule has 4 nitrogen and oxygen atoms in total. The quantitative estimate of drug-likeness (QED) is 0.201. The van der Waals surface area contributed by atoms with Gasteiger partial charge >= 0.3 is 0 Å². The van der Waals surface area contributed by atoms with E-state index >= 15 is 0 Å². The first-order valence-corrected chi connectivity index (χ1v) is 12.1. The number of benzene rings is 3.